The highest BCUT2D eigenvalue weighted by atomic mass is 16.4. The van der Waals surface area contributed by atoms with E-state index in [0.717, 1.165) is 0 Å². The van der Waals surface area contributed by atoms with Crippen molar-refractivity contribution in [2.75, 3.05) is 11.9 Å². The summed E-state index contributed by atoms with van der Waals surface area (Å²) in [6, 6.07) is 8.74. The smallest absolute Gasteiger partial charge is 0.335 e. The Morgan fingerprint density at radius 2 is 1.81 bits per heavy atom. The van der Waals surface area contributed by atoms with Gasteiger partial charge < -0.3 is 20.2 Å². The number of carbonyl (C=O) groups excluding carboxylic acids is 2. The fourth-order valence-electron chi connectivity index (χ4n) is 1.56. The Bertz CT molecular complexity index is 647. The first-order valence-electron chi connectivity index (χ1n) is 6.01. The molecule has 1 aromatic carbocycles. The zero-order valence-corrected chi connectivity index (χ0v) is 10.8. The van der Waals surface area contributed by atoms with Crippen LogP contribution < -0.4 is 10.6 Å². The van der Waals surface area contributed by atoms with Crippen LogP contribution in [0.5, 0.6) is 0 Å². The van der Waals surface area contributed by atoms with E-state index in [1.165, 1.54) is 36.6 Å². The topological polar surface area (TPSA) is 109 Å². The van der Waals surface area contributed by atoms with Crippen LogP contribution in [0.25, 0.3) is 0 Å². The Balaban J connectivity index is 1.84. The van der Waals surface area contributed by atoms with Crippen molar-refractivity contribution in [1.29, 1.82) is 0 Å². The molecular formula is C14H12N2O5. The number of hydrogen-bond acceptors (Lipinski definition) is 4. The number of benzene rings is 1. The lowest BCUT2D eigenvalue weighted by atomic mass is 10.2. The van der Waals surface area contributed by atoms with Gasteiger partial charge in [0.15, 0.2) is 5.76 Å². The molecule has 3 N–H and O–H groups in total. The van der Waals surface area contributed by atoms with Crippen LogP contribution >= 0.6 is 0 Å². The number of aromatic carboxylic acids is 1. The third-order valence-corrected chi connectivity index (χ3v) is 2.57. The van der Waals surface area contributed by atoms with Crippen molar-refractivity contribution in [3.05, 3.63) is 54.0 Å². The molecule has 21 heavy (non-hydrogen) atoms. The molecule has 0 radical (unpaired) electrons. The van der Waals surface area contributed by atoms with E-state index in [2.05, 4.69) is 10.6 Å². The van der Waals surface area contributed by atoms with Gasteiger partial charge in [-0.2, -0.15) is 0 Å². The summed E-state index contributed by atoms with van der Waals surface area (Å²) in [6.45, 7) is -0.222. The van der Waals surface area contributed by atoms with E-state index in [9.17, 15) is 14.4 Å². The summed E-state index contributed by atoms with van der Waals surface area (Å²) in [5.74, 6) is -1.85. The zero-order valence-electron chi connectivity index (χ0n) is 10.8. The number of amides is 2. The third kappa shape index (κ3) is 3.93. The molecule has 0 bridgehead atoms. The molecule has 2 amide bonds. The molecule has 108 valence electrons. The van der Waals surface area contributed by atoms with Gasteiger partial charge in [0.1, 0.15) is 0 Å². The van der Waals surface area contributed by atoms with Gasteiger partial charge in [0, 0.05) is 5.69 Å². The van der Waals surface area contributed by atoms with Crippen LogP contribution in [0.1, 0.15) is 20.9 Å². The first kappa shape index (κ1) is 14.3. The van der Waals surface area contributed by atoms with Gasteiger partial charge in [-0.15, -0.1) is 0 Å². The molecule has 0 saturated heterocycles. The molecule has 0 unspecified atom stereocenters. The Morgan fingerprint density at radius 3 is 2.38 bits per heavy atom. The number of carbonyl (C=O) groups is 3. The Morgan fingerprint density at radius 1 is 1.10 bits per heavy atom. The summed E-state index contributed by atoms with van der Waals surface area (Å²) in [7, 11) is 0. The lowest BCUT2D eigenvalue weighted by molar-refractivity contribution is -0.115. The fourth-order valence-corrected chi connectivity index (χ4v) is 1.56. The van der Waals surface area contributed by atoms with Crippen LogP contribution in [-0.2, 0) is 4.79 Å². The SMILES string of the molecule is O=C(CNC(=O)c1ccco1)Nc1ccc(C(=O)O)cc1. The van der Waals surface area contributed by atoms with E-state index in [1.54, 1.807) is 6.07 Å². The second kappa shape index (κ2) is 6.38. The summed E-state index contributed by atoms with van der Waals surface area (Å²) in [6.07, 6.45) is 1.36. The van der Waals surface area contributed by atoms with E-state index in [-0.39, 0.29) is 17.9 Å². The number of furan rings is 1. The van der Waals surface area contributed by atoms with Gasteiger partial charge >= 0.3 is 5.97 Å². The molecule has 0 fully saturated rings. The summed E-state index contributed by atoms with van der Waals surface area (Å²) in [5, 5.41) is 13.7. The molecule has 0 aliphatic rings. The molecule has 0 saturated carbocycles. The van der Waals surface area contributed by atoms with Crippen molar-refractivity contribution in [2.24, 2.45) is 0 Å². The number of nitrogens with one attached hydrogen (secondary N) is 2. The average molecular weight is 288 g/mol. The second-order valence-electron chi connectivity index (χ2n) is 4.09. The maximum atomic E-state index is 11.6. The molecule has 0 spiro atoms. The molecule has 7 nitrogen and oxygen atoms in total. The Labute approximate surface area is 119 Å². The van der Waals surface area contributed by atoms with Crippen LogP contribution in [0, 0.1) is 0 Å². The molecule has 2 aromatic rings. The predicted molar refractivity (Wildman–Crippen MR) is 73.1 cm³/mol. The number of hydrogen-bond donors (Lipinski definition) is 3. The van der Waals surface area contributed by atoms with E-state index in [1.807, 2.05) is 0 Å². The average Bonchev–Trinajstić information content (AvgIpc) is 2.99. The highest BCUT2D eigenvalue weighted by Crippen LogP contribution is 2.09. The van der Waals surface area contributed by atoms with Crippen molar-refractivity contribution in [2.45, 2.75) is 0 Å². The molecule has 0 aliphatic heterocycles. The lowest BCUT2D eigenvalue weighted by Gasteiger charge is -2.06. The minimum atomic E-state index is -1.04. The quantitative estimate of drug-likeness (QED) is 0.769. The van der Waals surface area contributed by atoms with Crippen molar-refractivity contribution in [3.63, 3.8) is 0 Å². The maximum Gasteiger partial charge on any atom is 0.335 e. The summed E-state index contributed by atoms with van der Waals surface area (Å²) < 4.78 is 4.88. The fraction of sp³-hybridized carbons (Fsp3) is 0.0714. The van der Waals surface area contributed by atoms with Crippen molar-refractivity contribution < 1.29 is 23.9 Å². The van der Waals surface area contributed by atoms with Gasteiger partial charge in [-0.1, -0.05) is 0 Å². The lowest BCUT2D eigenvalue weighted by Crippen LogP contribution is -2.32. The maximum absolute atomic E-state index is 11.6. The van der Waals surface area contributed by atoms with Crippen molar-refractivity contribution in [3.8, 4) is 0 Å². The highest BCUT2D eigenvalue weighted by Gasteiger charge is 2.10. The van der Waals surface area contributed by atoms with Crippen LogP contribution in [0.2, 0.25) is 0 Å². The van der Waals surface area contributed by atoms with Crippen LogP contribution in [0.3, 0.4) is 0 Å². The standard InChI is InChI=1S/C14H12N2O5/c17-12(8-15-13(18)11-2-1-7-21-11)16-10-5-3-9(4-6-10)14(19)20/h1-7H,8H2,(H,15,18)(H,16,17)(H,19,20). The molecular weight excluding hydrogens is 276 g/mol. The van der Waals surface area contributed by atoms with Crippen molar-refractivity contribution in [1.82, 2.24) is 5.32 Å². The molecule has 1 heterocycles. The van der Waals surface area contributed by atoms with Gasteiger partial charge in [0.05, 0.1) is 18.4 Å². The summed E-state index contributed by atoms with van der Waals surface area (Å²) >= 11 is 0. The monoisotopic (exact) mass is 288 g/mol. The minimum Gasteiger partial charge on any atom is -0.478 e. The van der Waals surface area contributed by atoms with Crippen LogP contribution in [-0.4, -0.2) is 29.4 Å². The second-order valence-corrected chi connectivity index (χ2v) is 4.09. The predicted octanol–water partition coefficient (Wildman–Crippen LogP) is 1.35. The van der Waals surface area contributed by atoms with E-state index in [0.29, 0.717) is 5.69 Å². The molecule has 2 rings (SSSR count). The molecule has 0 aliphatic carbocycles. The van der Waals surface area contributed by atoms with Crippen molar-refractivity contribution >= 4 is 23.5 Å². The molecule has 0 atom stereocenters. The van der Waals surface area contributed by atoms with Gasteiger partial charge in [0.2, 0.25) is 5.91 Å². The third-order valence-electron chi connectivity index (χ3n) is 2.57. The highest BCUT2D eigenvalue weighted by molar-refractivity contribution is 5.98. The van der Waals surface area contributed by atoms with Gasteiger partial charge in [-0.3, -0.25) is 9.59 Å². The normalized spacial score (nSPS) is 9.90. The Kier molecular flexibility index (Phi) is 4.35. The number of carboxylic acids is 1. The van der Waals surface area contributed by atoms with E-state index < -0.39 is 17.8 Å². The molecule has 1 aromatic heterocycles. The number of rotatable bonds is 5. The summed E-state index contributed by atoms with van der Waals surface area (Å²) in [4.78, 5) is 33.8. The van der Waals surface area contributed by atoms with Gasteiger partial charge in [-0.05, 0) is 36.4 Å². The van der Waals surface area contributed by atoms with Crippen LogP contribution in [0.15, 0.2) is 47.1 Å². The first-order chi connectivity index (χ1) is 10.1. The van der Waals surface area contributed by atoms with Crippen LogP contribution in [0.4, 0.5) is 5.69 Å². The van der Waals surface area contributed by atoms with Gasteiger partial charge in [0.25, 0.3) is 5.91 Å². The first-order valence-corrected chi connectivity index (χ1v) is 6.01. The van der Waals surface area contributed by atoms with Gasteiger partial charge in [-0.25, -0.2) is 4.79 Å². The number of anilines is 1. The molecule has 7 heteroatoms. The Hall–Kier alpha value is -3.09. The largest absolute Gasteiger partial charge is 0.478 e. The number of carboxylic acid groups (broad SMARTS) is 1. The minimum absolute atomic E-state index is 0.119. The summed E-state index contributed by atoms with van der Waals surface area (Å²) in [5.41, 5.74) is 0.566. The zero-order chi connectivity index (χ0) is 15.2. The van der Waals surface area contributed by atoms with E-state index >= 15 is 0 Å². The van der Waals surface area contributed by atoms with E-state index in [4.69, 9.17) is 9.52 Å².